The Hall–Kier alpha value is -2.64. The smallest absolute Gasteiger partial charge is 0.218 e. The van der Waals surface area contributed by atoms with E-state index < -0.39 is 0 Å². The number of pyridine rings is 1. The van der Waals surface area contributed by atoms with E-state index >= 15 is 0 Å². The average Bonchev–Trinajstić information content (AvgIpc) is 3.30. The molecule has 8 nitrogen and oxygen atoms in total. The number of nitrogens with zero attached hydrogens (tertiary/aromatic N) is 5. The van der Waals surface area contributed by atoms with Crippen molar-refractivity contribution in [3.05, 3.63) is 36.0 Å². The Labute approximate surface area is 154 Å². The van der Waals surface area contributed by atoms with Gasteiger partial charge in [-0.05, 0) is 38.7 Å². The summed E-state index contributed by atoms with van der Waals surface area (Å²) in [6.07, 6.45) is 8.30. The van der Waals surface area contributed by atoms with Crippen molar-refractivity contribution in [3.63, 3.8) is 0 Å². The number of ether oxygens (including phenoxy) is 1. The van der Waals surface area contributed by atoms with Crippen molar-refractivity contribution in [3.8, 4) is 5.88 Å². The quantitative estimate of drug-likeness (QED) is 0.580. The fourth-order valence-electron chi connectivity index (χ4n) is 2.96. The molecular formula is C18H27N7O. The molecule has 0 aliphatic heterocycles. The molecule has 0 unspecified atom stereocenters. The lowest BCUT2D eigenvalue weighted by Crippen LogP contribution is -2.37. The number of rotatable bonds is 7. The Morgan fingerprint density at radius 2 is 2.15 bits per heavy atom. The first-order valence-corrected chi connectivity index (χ1v) is 9.22. The SMILES string of the molecule is CCNC(=NCc1cccnc1OC1CCCC1)NCc1ncnn1C. The molecule has 8 heteroatoms. The highest BCUT2D eigenvalue weighted by Gasteiger charge is 2.18. The maximum atomic E-state index is 6.09. The van der Waals surface area contributed by atoms with Gasteiger partial charge in [0, 0.05) is 25.4 Å². The molecule has 0 atom stereocenters. The van der Waals surface area contributed by atoms with Crippen molar-refractivity contribution in [1.29, 1.82) is 0 Å². The molecule has 2 N–H and O–H groups in total. The van der Waals surface area contributed by atoms with Gasteiger partial charge in [-0.3, -0.25) is 4.68 Å². The van der Waals surface area contributed by atoms with Crippen LogP contribution in [0.1, 0.15) is 44.0 Å². The third kappa shape index (κ3) is 4.93. The van der Waals surface area contributed by atoms with E-state index in [1.165, 1.54) is 12.8 Å². The Bertz CT molecular complexity index is 722. The van der Waals surface area contributed by atoms with E-state index in [4.69, 9.17) is 4.74 Å². The summed E-state index contributed by atoms with van der Waals surface area (Å²) in [4.78, 5) is 13.3. The summed E-state index contributed by atoms with van der Waals surface area (Å²) < 4.78 is 7.83. The van der Waals surface area contributed by atoms with Gasteiger partial charge in [-0.25, -0.2) is 15.0 Å². The van der Waals surface area contributed by atoms with E-state index in [-0.39, 0.29) is 6.10 Å². The van der Waals surface area contributed by atoms with Gasteiger partial charge in [-0.1, -0.05) is 6.07 Å². The van der Waals surface area contributed by atoms with Crippen molar-refractivity contribution in [2.45, 2.75) is 51.8 Å². The van der Waals surface area contributed by atoms with Gasteiger partial charge in [0.25, 0.3) is 0 Å². The van der Waals surface area contributed by atoms with Crippen molar-refractivity contribution >= 4 is 5.96 Å². The van der Waals surface area contributed by atoms with Crippen molar-refractivity contribution in [1.82, 2.24) is 30.4 Å². The zero-order chi connectivity index (χ0) is 18.2. The molecule has 3 rings (SSSR count). The highest BCUT2D eigenvalue weighted by atomic mass is 16.5. The minimum absolute atomic E-state index is 0.287. The van der Waals surface area contributed by atoms with Gasteiger partial charge in [0.2, 0.25) is 5.88 Å². The van der Waals surface area contributed by atoms with Crippen LogP contribution in [-0.4, -0.2) is 38.4 Å². The fourth-order valence-corrected chi connectivity index (χ4v) is 2.96. The molecule has 1 fully saturated rings. The molecule has 0 spiro atoms. The Morgan fingerprint density at radius 1 is 1.31 bits per heavy atom. The lowest BCUT2D eigenvalue weighted by atomic mass is 10.2. The highest BCUT2D eigenvalue weighted by molar-refractivity contribution is 5.79. The van der Waals surface area contributed by atoms with Crippen molar-refractivity contribution < 1.29 is 4.74 Å². The highest BCUT2D eigenvalue weighted by Crippen LogP contribution is 2.25. The normalized spacial score (nSPS) is 15.2. The molecule has 140 valence electrons. The first-order valence-electron chi connectivity index (χ1n) is 9.22. The molecule has 0 radical (unpaired) electrons. The van der Waals surface area contributed by atoms with Gasteiger partial charge in [-0.2, -0.15) is 5.10 Å². The summed E-state index contributed by atoms with van der Waals surface area (Å²) in [6.45, 7) is 3.88. The average molecular weight is 357 g/mol. The zero-order valence-electron chi connectivity index (χ0n) is 15.5. The second-order valence-electron chi connectivity index (χ2n) is 6.34. The van der Waals surface area contributed by atoms with Crippen LogP contribution < -0.4 is 15.4 Å². The van der Waals surface area contributed by atoms with Gasteiger partial charge in [0.05, 0.1) is 13.1 Å². The zero-order valence-corrected chi connectivity index (χ0v) is 15.5. The third-order valence-corrected chi connectivity index (χ3v) is 4.40. The number of guanidine groups is 1. The number of aromatic nitrogens is 4. The lowest BCUT2D eigenvalue weighted by Gasteiger charge is -2.15. The summed E-state index contributed by atoms with van der Waals surface area (Å²) in [7, 11) is 1.87. The van der Waals surface area contributed by atoms with E-state index in [2.05, 4.69) is 30.7 Å². The summed E-state index contributed by atoms with van der Waals surface area (Å²) in [5.41, 5.74) is 0.996. The maximum absolute atomic E-state index is 6.09. The number of aliphatic imine (C=N–C) groups is 1. The van der Waals surface area contributed by atoms with Crippen LogP contribution in [-0.2, 0) is 20.1 Å². The molecule has 0 saturated heterocycles. The second-order valence-corrected chi connectivity index (χ2v) is 6.34. The van der Waals surface area contributed by atoms with Crippen molar-refractivity contribution in [2.24, 2.45) is 12.0 Å². The van der Waals surface area contributed by atoms with Crippen LogP contribution in [0.25, 0.3) is 0 Å². The number of hydrogen-bond acceptors (Lipinski definition) is 5. The van der Waals surface area contributed by atoms with Gasteiger partial charge in [-0.15, -0.1) is 0 Å². The molecule has 0 amide bonds. The molecule has 0 bridgehead atoms. The Kier molecular flexibility index (Phi) is 6.40. The van der Waals surface area contributed by atoms with Crippen LogP contribution in [0.2, 0.25) is 0 Å². The summed E-state index contributed by atoms with van der Waals surface area (Å²) in [5.74, 6) is 2.28. The predicted octanol–water partition coefficient (Wildman–Crippen LogP) is 1.79. The van der Waals surface area contributed by atoms with Crippen LogP contribution in [0, 0.1) is 0 Å². The van der Waals surface area contributed by atoms with Crippen LogP contribution >= 0.6 is 0 Å². The first-order chi connectivity index (χ1) is 12.8. The van der Waals surface area contributed by atoms with E-state index in [1.807, 2.05) is 26.1 Å². The van der Waals surface area contributed by atoms with Crippen LogP contribution in [0.5, 0.6) is 5.88 Å². The lowest BCUT2D eigenvalue weighted by molar-refractivity contribution is 0.199. The molecule has 2 aromatic heterocycles. The van der Waals surface area contributed by atoms with Gasteiger partial charge >= 0.3 is 0 Å². The van der Waals surface area contributed by atoms with Crippen LogP contribution in [0.4, 0.5) is 0 Å². The Morgan fingerprint density at radius 3 is 2.88 bits per heavy atom. The Balaban J connectivity index is 1.64. The van der Waals surface area contributed by atoms with E-state index in [1.54, 1.807) is 17.2 Å². The molecule has 26 heavy (non-hydrogen) atoms. The molecule has 1 aliphatic rings. The predicted molar refractivity (Wildman–Crippen MR) is 99.8 cm³/mol. The summed E-state index contributed by atoms with van der Waals surface area (Å²) in [6, 6.07) is 3.94. The minimum atomic E-state index is 0.287. The standard InChI is InChI=1S/C18H27N7O/c1-3-19-18(22-12-16-23-13-24-25(16)2)21-11-14-7-6-10-20-17(14)26-15-8-4-5-9-15/h6-7,10,13,15H,3-5,8-9,11-12H2,1-2H3,(H2,19,21,22). The van der Waals surface area contributed by atoms with Gasteiger partial charge in [0.15, 0.2) is 5.96 Å². The molecular weight excluding hydrogens is 330 g/mol. The van der Waals surface area contributed by atoms with Crippen LogP contribution in [0.3, 0.4) is 0 Å². The molecule has 2 heterocycles. The van der Waals surface area contributed by atoms with E-state index in [0.717, 1.165) is 36.7 Å². The van der Waals surface area contributed by atoms with Crippen molar-refractivity contribution in [2.75, 3.05) is 6.54 Å². The molecule has 1 saturated carbocycles. The minimum Gasteiger partial charge on any atom is -0.474 e. The third-order valence-electron chi connectivity index (χ3n) is 4.40. The first kappa shape index (κ1) is 18.2. The number of hydrogen-bond donors (Lipinski definition) is 2. The second kappa shape index (κ2) is 9.17. The topological polar surface area (TPSA) is 89.2 Å². The number of nitrogens with one attached hydrogen (secondary N) is 2. The molecule has 2 aromatic rings. The summed E-state index contributed by atoms with van der Waals surface area (Å²) in [5, 5.41) is 10.6. The van der Waals surface area contributed by atoms with Crippen LogP contribution in [0.15, 0.2) is 29.6 Å². The monoisotopic (exact) mass is 357 g/mol. The van der Waals surface area contributed by atoms with Gasteiger partial charge in [0.1, 0.15) is 18.3 Å². The number of aryl methyl sites for hydroxylation is 1. The fraction of sp³-hybridized carbons (Fsp3) is 0.556. The maximum Gasteiger partial charge on any atom is 0.218 e. The molecule has 0 aromatic carbocycles. The van der Waals surface area contributed by atoms with E-state index in [0.29, 0.717) is 19.0 Å². The summed E-state index contributed by atoms with van der Waals surface area (Å²) >= 11 is 0. The van der Waals surface area contributed by atoms with Gasteiger partial charge < -0.3 is 15.4 Å². The largest absolute Gasteiger partial charge is 0.474 e. The van der Waals surface area contributed by atoms with E-state index in [9.17, 15) is 0 Å². The molecule has 1 aliphatic carbocycles.